The van der Waals surface area contributed by atoms with Crippen LogP contribution in [0.4, 0.5) is 5.69 Å². The van der Waals surface area contributed by atoms with Crippen molar-refractivity contribution in [2.45, 2.75) is 12.8 Å². The van der Waals surface area contributed by atoms with Gasteiger partial charge in [-0.25, -0.2) is 0 Å². The van der Waals surface area contributed by atoms with Gasteiger partial charge in [0.05, 0.1) is 22.5 Å². The fraction of sp³-hybridized carbons (Fsp3) is 0.429. The number of aliphatic carboxylic acids is 1. The van der Waals surface area contributed by atoms with Crippen LogP contribution in [-0.2, 0) is 9.59 Å². The molecule has 1 heterocycles. The molecule has 1 saturated carbocycles. The summed E-state index contributed by atoms with van der Waals surface area (Å²) < 4.78 is 10.8. The van der Waals surface area contributed by atoms with Gasteiger partial charge in [0.2, 0.25) is 5.91 Å². The van der Waals surface area contributed by atoms with E-state index in [1.165, 1.54) is 0 Å². The Morgan fingerprint density at radius 2 is 1.76 bits per heavy atom. The third kappa shape index (κ3) is 2.63. The Morgan fingerprint density at radius 3 is 2.33 bits per heavy atom. The number of benzene rings is 1. The minimum Gasteiger partial charge on any atom is -0.486 e. The van der Waals surface area contributed by atoms with E-state index in [0.29, 0.717) is 48.3 Å². The molecule has 21 heavy (non-hydrogen) atoms. The van der Waals surface area contributed by atoms with E-state index in [2.05, 4.69) is 5.32 Å². The second-order valence-corrected chi connectivity index (χ2v) is 5.50. The number of hydrogen-bond donors (Lipinski definition) is 2. The Morgan fingerprint density at radius 1 is 1.14 bits per heavy atom. The molecule has 1 fully saturated rings. The molecule has 0 spiro atoms. The number of rotatable bonds is 3. The first kappa shape index (κ1) is 14.0. The first-order valence-corrected chi connectivity index (χ1v) is 7.07. The Labute approximate surface area is 126 Å². The minimum absolute atomic E-state index is 0.327. The van der Waals surface area contributed by atoms with Crippen molar-refractivity contribution in [3.63, 3.8) is 0 Å². The van der Waals surface area contributed by atoms with Crippen molar-refractivity contribution in [3.8, 4) is 11.5 Å². The maximum Gasteiger partial charge on any atom is 0.307 e. The van der Waals surface area contributed by atoms with Crippen molar-refractivity contribution in [2.75, 3.05) is 18.5 Å². The van der Waals surface area contributed by atoms with Gasteiger partial charge < -0.3 is 19.9 Å². The largest absolute Gasteiger partial charge is 0.486 e. The molecule has 3 rings (SSSR count). The fourth-order valence-corrected chi connectivity index (χ4v) is 2.70. The zero-order valence-electron chi connectivity index (χ0n) is 11.1. The Balaban J connectivity index is 1.75. The monoisotopic (exact) mass is 311 g/mol. The van der Waals surface area contributed by atoms with Gasteiger partial charge in [-0.15, -0.1) is 0 Å². The van der Waals surface area contributed by atoms with Gasteiger partial charge in [-0.1, -0.05) is 11.6 Å². The number of nitrogens with one attached hydrogen (secondary N) is 1. The van der Waals surface area contributed by atoms with Crippen LogP contribution in [-0.4, -0.2) is 30.2 Å². The van der Waals surface area contributed by atoms with Gasteiger partial charge in [-0.05, 0) is 12.8 Å². The quantitative estimate of drug-likeness (QED) is 0.893. The number of carboxylic acids is 1. The van der Waals surface area contributed by atoms with E-state index in [9.17, 15) is 9.59 Å². The van der Waals surface area contributed by atoms with Gasteiger partial charge in [0.1, 0.15) is 13.2 Å². The number of carboxylic acid groups (broad SMARTS) is 1. The molecule has 1 aliphatic heterocycles. The van der Waals surface area contributed by atoms with E-state index in [1.54, 1.807) is 12.1 Å². The summed E-state index contributed by atoms with van der Waals surface area (Å²) in [7, 11) is 0. The molecule has 7 heteroatoms. The number of ether oxygens (including phenoxy) is 2. The second kappa shape index (κ2) is 5.44. The van der Waals surface area contributed by atoms with Crippen LogP contribution in [0.2, 0.25) is 5.02 Å². The zero-order valence-corrected chi connectivity index (χ0v) is 11.9. The molecule has 1 amide bonds. The first-order chi connectivity index (χ1) is 10.1. The van der Waals surface area contributed by atoms with E-state index in [4.69, 9.17) is 26.2 Å². The lowest BCUT2D eigenvalue weighted by molar-refractivity contribution is -0.151. The van der Waals surface area contributed by atoms with Gasteiger partial charge >= 0.3 is 5.97 Å². The zero-order chi connectivity index (χ0) is 15.0. The number of halogens is 1. The average molecular weight is 312 g/mol. The summed E-state index contributed by atoms with van der Waals surface area (Å²) in [6.45, 7) is 0.892. The van der Waals surface area contributed by atoms with Crippen molar-refractivity contribution in [3.05, 3.63) is 17.2 Å². The van der Waals surface area contributed by atoms with Crippen molar-refractivity contribution < 1.29 is 24.2 Å². The number of hydrogen-bond acceptors (Lipinski definition) is 4. The topological polar surface area (TPSA) is 84.9 Å². The molecule has 0 saturated heterocycles. The van der Waals surface area contributed by atoms with E-state index in [0.717, 1.165) is 0 Å². The van der Waals surface area contributed by atoms with Crippen LogP contribution < -0.4 is 14.8 Å². The SMILES string of the molecule is O=C(O)C1CCC1C(=O)Nc1cc2c(cc1Cl)OCCO2. The Kier molecular flexibility index (Phi) is 3.63. The van der Waals surface area contributed by atoms with E-state index in [-0.39, 0.29) is 5.91 Å². The second-order valence-electron chi connectivity index (χ2n) is 5.09. The lowest BCUT2D eigenvalue weighted by Crippen LogP contribution is -2.41. The summed E-state index contributed by atoms with van der Waals surface area (Å²) in [4.78, 5) is 23.1. The molecule has 0 radical (unpaired) electrons. The van der Waals surface area contributed by atoms with Gasteiger partial charge in [0.15, 0.2) is 11.5 Å². The molecule has 0 aromatic heterocycles. The molecule has 2 aliphatic rings. The maximum atomic E-state index is 12.1. The standard InChI is InChI=1S/C14H14ClNO5/c15-9-5-11-12(21-4-3-20-11)6-10(9)16-13(17)7-1-2-8(7)14(18)19/h5-8H,1-4H2,(H,16,17)(H,18,19). The molecule has 1 aliphatic carbocycles. The summed E-state index contributed by atoms with van der Waals surface area (Å²) in [5.41, 5.74) is 0.405. The van der Waals surface area contributed by atoms with Crippen molar-refractivity contribution >= 4 is 29.2 Å². The van der Waals surface area contributed by atoms with E-state index >= 15 is 0 Å². The smallest absolute Gasteiger partial charge is 0.307 e. The summed E-state index contributed by atoms with van der Waals surface area (Å²) in [5, 5.41) is 12.0. The lowest BCUT2D eigenvalue weighted by Gasteiger charge is -2.32. The molecule has 1 aromatic carbocycles. The van der Waals surface area contributed by atoms with Crippen LogP contribution in [0.15, 0.2) is 12.1 Å². The molecule has 6 nitrogen and oxygen atoms in total. The average Bonchev–Trinajstić information content (AvgIpc) is 2.37. The first-order valence-electron chi connectivity index (χ1n) is 6.69. The van der Waals surface area contributed by atoms with Crippen LogP contribution in [0.25, 0.3) is 0 Å². The Bertz CT molecular complexity index is 603. The summed E-state index contributed by atoms with van der Waals surface area (Å²) >= 11 is 6.10. The van der Waals surface area contributed by atoms with E-state index in [1.807, 2.05) is 0 Å². The molecule has 2 atom stereocenters. The highest BCUT2D eigenvalue weighted by Crippen LogP contribution is 2.40. The third-order valence-electron chi connectivity index (χ3n) is 3.82. The third-order valence-corrected chi connectivity index (χ3v) is 4.13. The van der Waals surface area contributed by atoms with Gasteiger partial charge in [-0.2, -0.15) is 0 Å². The molecular formula is C14H14ClNO5. The number of anilines is 1. The maximum absolute atomic E-state index is 12.1. The van der Waals surface area contributed by atoms with Crippen molar-refractivity contribution in [1.29, 1.82) is 0 Å². The molecule has 2 unspecified atom stereocenters. The molecular weight excluding hydrogens is 298 g/mol. The number of carbonyl (C=O) groups excluding carboxylic acids is 1. The predicted octanol–water partition coefficient (Wildman–Crippen LogP) is 2.16. The fourth-order valence-electron chi connectivity index (χ4n) is 2.49. The van der Waals surface area contributed by atoms with Crippen LogP contribution >= 0.6 is 11.6 Å². The predicted molar refractivity (Wildman–Crippen MR) is 74.9 cm³/mol. The number of carbonyl (C=O) groups is 2. The minimum atomic E-state index is -0.935. The molecule has 0 bridgehead atoms. The molecule has 1 aromatic rings. The number of amides is 1. The van der Waals surface area contributed by atoms with Gasteiger partial charge in [-0.3, -0.25) is 9.59 Å². The Hall–Kier alpha value is -1.95. The van der Waals surface area contributed by atoms with Gasteiger partial charge in [0, 0.05) is 12.1 Å². The highest BCUT2D eigenvalue weighted by Gasteiger charge is 2.41. The lowest BCUT2D eigenvalue weighted by atomic mass is 9.73. The summed E-state index contributed by atoms with van der Waals surface area (Å²) in [5.74, 6) is -1.32. The molecule has 2 N–H and O–H groups in total. The normalized spacial score (nSPS) is 23.1. The van der Waals surface area contributed by atoms with Crippen LogP contribution in [0.1, 0.15) is 12.8 Å². The van der Waals surface area contributed by atoms with E-state index < -0.39 is 17.8 Å². The highest BCUT2D eigenvalue weighted by atomic mass is 35.5. The number of fused-ring (bicyclic) bond motifs is 1. The van der Waals surface area contributed by atoms with Crippen molar-refractivity contribution in [2.24, 2.45) is 11.8 Å². The van der Waals surface area contributed by atoms with Crippen LogP contribution in [0.3, 0.4) is 0 Å². The van der Waals surface area contributed by atoms with Gasteiger partial charge in [0.25, 0.3) is 0 Å². The summed E-state index contributed by atoms with van der Waals surface area (Å²) in [6, 6.07) is 3.18. The van der Waals surface area contributed by atoms with Crippen molar-refractivity contribution in [1.82, 2.24) is 0 Å². The van der Waals surface area contributed by atoms with Crippen LogP contribution in [0, 0.1) is 11.8 Å². The highest BCUT2D eigenvalue weighted by molar-refractivity contribution is 6.34. The van der Waals surface area contributed by atoms with Crippen LogP contribution in [0.5, 0.6) is 11.5 Å². The molecule has 112 valence electrons. The summed E-state index contributed by atoms with van der Waals surface area (Å²) in [6.07, 6.45) is 1.10.